The third kappa shape index (κ3) is 1.50. The van der Waals surface area contributed by atoms with Crippen molar-refractivity contribution in [2.45, 2.75) is 0 Å². The fraction of sp³-hybridized carbons (Fsp3) is 0. The third-order valence-corrected chi connectivity index (χ3v) is 2.68. The molecule has 0 unspecified atom stereocenters. The average Bonchev–Trinajstić information content (AvgIpc) is 2.75. The number of aromatic nitrogens is 1. The quantitative estimate of drug-likeness (QED) is 0.669. The number of hydrogen-bond acceptors (Lipinski definition) is 4. The number of anilines is 1. The van der Waals surface area contributed by atoms with E-state index >= 15 is 0 Å². The monoisotopic (exact) mass is 226 g/mol. The first-order valence-electron chi connectivity index (χ1n) is 5.19. The summed E-state index contributed by atoms with van der Waals surface area (Å²) in [4.78, 5) is 0. The second kappa shape index (κ2) is 3.52. The Morgan fingerprint density at radius 3 is 2.71 bits per heavy atom. The minimum Gasteiger partial charge on any atom is -0.507 e. The Balaban J connectivity index is 2.38. The van der Waals surface area contributed by atoms with E-state index in [0.29, 0.717) is 17.1 Å². The van der Waals surface area contributed by atoms with Gasteiger partial charge in [-0.2, -0.15) is 0 Å². The second-order valence-corrected chi connectivity index (χ2v) is 3.80. The number of nitrogens with zero attached hydrogens (tertiary/aromatic N) is 1. The van der Waals surface area contributed by atoms with Crippen molar-refractivity contribution in [1.82, 2.24) is 5.16 Å². The number of phenolic OH excluding ortho intramolecular Hbond substituents is 1. The predicted octanol–water partition coefficient (Wildman–Crippen LogP) is 2.78. The Morgan fingerprint density at radius 2 is 1.94 bits per heavy atom. The van der Waals surface area contributed by atoms with Gasteiger partial charge < -0.3 is 15.4 Å². The molecule has 4 nitrogen and oxygen atoms in total. The van der Waals surface area contributed by atoms with Crippen LogP contribution in [0.3, 0.4) is 0 Å². The zero-order valence-corrected chi connectivity index (χ0v) is 8.92. The molecule has 0 radical (unpaired) electrons. The summed E-state index contributed by atoms with van der Waals surface area (Å²) < 4.78 is 5.10. The molecule has 1 aromatic heterocycles. The Bertz CT molecular complexity index is 689. The molecule has 3 N–H and O–H groups in total. The summed E-state index contributed by atoms with van der Waals surface area (Å²) in [5.74, 6) is 0.920. The van der Waals surface area contributed by atoms with Gasteiger partial charge >= 0.3 is 0 Å². The maximum atomic E-state index is 9.94. The molecule has 0 bridgehead atoms. The van der Waals surface area contributed by atoms with Gasteiger partial charge in [-0.25, -0.2) is 0 Å². The number of benzene rings is 2. The molecule has 0 atom stereocenters. The van der Waals surface area contributed by atoms with E-state index in [4.69, 9.17) is 10.3 Å². The Labute approximate surface area is 97.3 Å². The zero-order valence-electron chi connectivity index (χ0n) is 8.92. The molecular formula is C13H10N2O2. The molecular weight excluding hydrogens is 216 g/mol. The first-order valence-corrected chi connectivity index (χ1v) is 5.19. The maximum Gasteiger partial charge on any atom is 0.173 e. The van der Waals surface area contributed by atoms with Crippen LogP contribution in [0.25, 0.3) is 22.1 Å². The number of fused-ring (bicyclic) bond motifs is 1. The Kier molecular flexibility index (Phi) is 2.01. The lowest BCUT2D eigenvalue weighted by Crippen LogP contribution is -1.81. The normalized spacial score (nSPS) is 10.8. The van der Waals surface area contributed by atoms with Gasteiger partial charge in [0.25, 0.3) is 0 Å². The van der Waals surface area contributed by atoms with Crippen molar-refractivity contribution in [3.8, 4) is 17.1 Å². The fourth-order valence-corrected chi connectivity index (χ4v) is 1.93. The lowest BCUT2D eigenvalue weighted by atomic mass is 10.0. The van der Waals surface area contributed by atoms with Gasteiger partial charge in [0.05, 0.1) is 5.56 Å². The third-order valence-electron chi connectivity index (χ3n) is 2.68. The van der Waals surface area contributed by atoms with E-state index in [-0.39, 0.29) is 5.75 Å². The highest BCUT2D eigenvalue weighted by molar-refractivity contribution is 5.98. The van der Waals surface area contributed by atoms with Crippen molar-refractivity contribution in [1.29, 1.82) is 0 Å². The molecule has 2 aromatic carbocycles. The van der Waals surface area contributed by atoms with E-state index in [1.54, 1.807) is 12.1 Å². The van der Waals surface area contributed by atoms with Gasteiger partial charge in [0, 0.05) is 6.07 Å². The molecule has 0 spiro atoms. The van der Waals surface area contributed by atoms with Crippen LogP contribution >= 0.6 is 0 Å². The first-order chi connectivity index (χ1) is 8.25. The average molecular weight is 226 g/mol. The molecule has 1 heterocycles. The van der Waals surface area contributed by atoms with E-state index in [0.717, 1.165) is 10.8 Å². The molecule has 0 aliphatic heterocycles. The maximum absolute atomic E-state index is 9.94. The highest BCUT2D eigenvalue weighted by Gasteiger charge is 2.13. The minimum absolute atomic E-state index is 0.153. The molecule has 0 aliphatic carbocycles. The van der Waals surface area contributed by atoms with Crippen LogP contribution in [-0.4, -0.2) is 10.3 Å². The standard InChI is InChI=1S/C13H10N2O2/c14-12-7-11(17-15-12)13-9-4-2-1-3-8(9)5-6-10(13)16/h1-7,16H,(H2,14,15). The number of nitrogen functional groups attached to an aromatic ring is 1. The van der Waals surface area contributed by atoms with Crippen molar-refractivity contribution in [2.24, 2.45) is 0 Å². The molecule has 0 saturated heterocycles. The van der Waals surface area contributed by atoms with E-state index in [1.807, 2.05) is 30.3 Å². The van der Waals surface area contributed by atoms with Crippen LogP contribution in [0.5, 0.6) is 5.75 Å². The minimum atomic E-state index is 0.153. The van der Waals surface area contributed by atoms with Crippen LogP contribution in [0.15, 0.2) is 47.0 Å². The largest absolute Gasteiger partial charge is 0.507 e. The molecule has 0 aliphatic rings. The van der Waals surface area contributed by atoms with E-state index in [9.17, 15) is 5.11 Å². The van der Waals surface area contributed by atoms with E-state index in [1.165, 1.54) is 0 Å². The predicted molar refractivity (Wildman–Crippen MR) is 65.5 cm³/mol. The highest BCUT2D eigenvalue weighted by atomic mass is 16.5. The van der Waals surface area contributed by atoms with Crippen LogP contribution in [0, 0.1) is 0 Å². The molecule has 4 heteroatoms. The smallest absolute Gasteiger partial charge is 0.173 e. The Morgan fingerprint density at radius 1 is 1.12 bits per heavy atom. The lowest BCUT2D eigenvalue weighted by molar-refractivity contribution is 0.430. The second-order valence-electron chi connectivity index (χ2n) is 3.80. The van der Waals surface area contributed by atoms with Crippen LogP contribution in [-0.2, 0) is 0 Å². The SMILES string of the molecule is Nc1cc(-c2c(O)ccc3ccccc23)on1. The molecule has 17 heavy (non-hydrogen) atoms. The highest BCUT2D eigenvalue weighted by Crippen LogP contribution is 2.36. The van der Waals surface area contributed by atoms with Gasteiger partial charge in [0.1, 0.15) is 5.75 Å². The molecule has 84 valence electrons. The van der Waals surface area contributed by atoms with E-state index < -0.39 is 0 Å². The molecule has 0 fully saturated rings. The molecule has 3 aromatic rings. The van der Waals surface area contributed by atoms with Crippen molar-refractivity contribution >= 4 is 16.6 Å². The topological polar surface area (TPSA) is 72.3 Å². The van der Waals surface area contributed by atoms with Crippen LogP contribution in [0.2, 0.25) is 0 Å². The van der Waals surface area contributed by atoms with Gasteiger partial charge in [-0.15, -0.1) is 0 Å². The van der Waals surface area contributed by atoms with Crippen molar-refractivity contribution in [2.75, 3.05) is 5.73 Å². The number of phenols is 1. The number of hydrogen-bond donors (Lipinski definition) is 2. The summed E-state index contributed by atoms with van der Waals surface area (Å²) in [7, 11) is 0. The number of aromatic hydroxyl groups is 1. The van der Waals surface area contributed by atoms with Crippen LogP contribution in [0.4, 0.5) is 5.82 Å². The van der Waals surface area contributed by atoms with Gasteiger partial charge in [-0.05, 0) is 16.8 Å². The summed E-state index contributed by atoms with van der Waals surface area (Å²) in [6.07, 6.45) is 0. The van der Waals surface area contributed by atoms with Crippen LogP contribution in [0.1, 0.15) is 0 Å². The summed E-state index contributed by atoms with van der Waals surface area (Å²) in [5.41, 5.74) is 6.14. The summed E-state index contributed by atoms with van der Waals surface area (Å²) in [6.45, 7) is 0. The summed E-state index contributed by atoms with van der Waals surface area (Å²) in [6, 6.07) is 12.8. The van der Waals surface area contributed by atoms with E-state index in [2.05, 4.69) is 5.16 Å². The van der Waals surface area contributed by atoms with Gasteiger partial charge in [0.15, 0.2) is 11.6 Å². The Hall–Kier alpha value is -2.49. The molecule has 3 rings (SSSR count). The van der Waals surface area contributed by atoms with Crippen molar-refractivity contribution in [3.05, 3.63) is 42.5 Å². The van der Waals surface area contributed by atoms with Gasteiger partial charge in [0.2, 0.25) is 0 Å². The zero-order chi connectivity index (χ0) is 11.8. The first kappa shape index (κ1) is 9.72. The summed E-state index contributed by atoms with van der Waals surface area (Å²) >= 11 is 0. The van der Waals surface area contributed by atoms with Crippen LogP contribution < -0.4 is 5.73 Å². The van der Waals surface area contributed by atoms with Crippen molar-refractivity contribution in [3.63, 3.8) is 0 Å². The molecule has 0 amide bonds. The number of nitrogens with two attached hydrogens (primary N) is 1. The molecule has 0 saturated carbocycles. The fourth-order valence-electron chi connectivity index (χ4n) is 1.93. The van der Waals surface area contributed by atoms with Gasteiger partial charge in [-0.1, -0.05) is 35.5 Å². The van der Waals surface area contributed by atoms with Crippen molar-refractivity contribution < 1.29 is 9.63 Å². The lowest BCUT2D eigenvalue weighted by Gasteiger charge is -2.05. The van der Waals surface area contributed by atoms with Gasteiger partial charge in [-0.3, -0.25) is 0 Å². The summed E-state index contributed by atoms with van der Waals surface area (Å²) in [5, 5.41) is 15.5. The number of rotatable bonds is 1.